The van der Waals surface area contributed by atoms with Crippen LogP contribution in [-0.2, 0) is 19.4 Å². The van der Waals surface area contributed by atoms with Crippen molar-refractivity contribution in [1.82, 2.24) is 15.4 Å². The summed E-state index contributed by atoms with van der Waals surface area (Å²) in [5.41, 5.74) is 3.04. The number of carbonyl (C=O) groups is 1. The number of nitrogens with one attached hydrogen (secondary N) is 2. The van der Waals surface area contributed by atoms with Crippen LogP contribution < -0.4 is 10.8 Å². The van der Waals surface area contributed by atoms with Gasteiger partial charge in [0.1, 0.15) is 5.82 Å². The molecule has 2 heterocycles. The third kappa shape index (κ3) is 6.57. The number of hydrogen-bond donors (Lipinski definition) is 3. The average Bonchev–Trinajstić information content (AvgIpc) is 2.78. The number of rotatable bonds is 7. The number of amides is 1. The van der Waals surface area contributed by atoms with Gasteiger partial charge in [0.15, 0.2) is 14.6 Å². The number of hydrogen-bond acceptors (Lipinski definition) is 8. The molecule has 0 unspecified atom stereocenters. The molecule has 1 amide bonds. The van der Waals surface area contributed by atoms with Crippen molar-refractivity contribution >= 4 is 46.4 Å². The van der Waals surface area contributed by atoms with Gasteiger partial charge in [0.2, 0.25) is 0 Å². The van der Waals surface area contributed by atoms with Gasteiger partial charge in [0, 0.05) is 25.3 Å². The van der Waals surface area contributed by atoms with Crippen LogP contribution in [0, 0.1) is 5.41 Å². The summed E-state index contributed by atoms with van der Waals surface area (Å²) in [6.07, 6.45) is 4.21. The van der Waals surface area contributed by atoms with Gasteiger partial charge in [0.25, 0.3) is 5.91 Å². The zero-order chi connectivity index (χ0) is 23.4. The first-order valence-electron chi connectivity index (χ1n) is 10.5. The first kappa shape index (κ1) is 30.1. The summed E-state index contributed by atoms with van der Waals surface area (Å²) in [5, 5.41) is 12.4. The van der Waals surface area contributed by atoms with E-state index in [1.54, 1.807) is 24.5 Å². The SMILES string of the molecule is CC(C)(C)CCNc1cnc(-c2ccc(S(=O)(=O)C3(C(=O)NO)CCOCC3)cc2)cn1.Cl.Cl. The maximum absolute atomic E-state index is 13.3. The van der Waals surface area contributed by atoms with E-state index in [0.717, 1.165) is 13.0 Å². The monoisotopic (exact) mass is 534 g/mol. The Bertz CT molecular complexity index is 1040. The molecule has 12 heteroatoms. The highest BCUT2D eigenvalue weighted by molar-refractivity contribution is 7.93. The van der Waals surface area contributed by atoms with E-state index in [1.807, 2.05) is 0 Å². The second kappa shape index (κ2) is 12.1. The number of benzene rings is 1. The molecule has 3 N–H and O–H groups in total. The van der Waals surface area contributed by atoms with Gasteiger partial charge in [-0.3, -0.25) is 15.0 Å². The molecule has 0 radical (unpaired) electrons. The summed E-state index contributed by atoms with van der Waals surface area (Å²) in [6, 6.07) is 6.16. The van der Waals surface area contributed by atoms with Gasteiger partial charge in [-0.2, -0.15) is 0 Å². The Morgan fingerprint density at radius 2 is 1.71 bits per heavy atom. The number of hydroxylamine groups is 1. The lowest BCUT2D eigenvalue weighted by molar-refractivity contribution is -0.134. The summed E-state index contributed by atoms with van der Waals surface area (Å²) in [6.45, 7) is 7.56. The van der Waals surface area contributed by atoms with Gasteiger partial charge in [-0.1, -0.05) is 32.9 Å². The third-order valence-electron chi connectivity index (χ3n) is 5.62. The number of carbonyl (C=O) groups excluding carboxylic acids is 1. The Morgan fingerprint density at radius 1 is 1.09 bits per heavy atom. The molecule has 0 bridgehead atoms. The van der Waals surface area contributed by atoms with Gasteiger partial charge in [-0.15, -0.1) is 24.8 Å². The number of nitrogens with zero attached hydrogens (tertiary/aromatic N) is 2. The van der Waals surface area contributed by atoms with Crippen molar-refractivity contribution < 1.29 is 23.2 Å². The number of anilines is 1. The van der Waals surface area contributed by atoms with E-state index >= 15 is 0 Å². The van der Waals surface area contributed by atoms with E-state index in [1.165, 1.54) is 17.6 Å². The number of ether oxygens (including phenoxy) is 1. The van der Waals surface area contributed by atoms with Crippen LogP contribution in [-0.4, -0.2) is 54.0 Å². The lowest BCUT2D eigenvalue weighted by atomic mass is 9.92. The molecule has 9 nitrogen and oxygen atoms in total. The Balaban J connectivity index is 0.00000289. The summed E-state index contributed by atoms with van der Waals surface area (Å²) < 4.78 is 30.1. The number of aromatic nitrogens is 2. The summed E-state index contributed by atoms with van der Waals surface area (Å²) in [5.74, 6) is -0.265. The average molecular weight is 535 g/mol. The fourth-order valence-corrected chi connectivity index (χ4v) is 5.52. The molecule has 1 saturated heterocycles. The van der Waals surface area contributed by atoms with E-state index < -0.39 is 20.5 Å². The maximum Gasteiger partial charge on any atom is 0.265 e. The van der Waals surface area contributed by atoms with Crippen molar-refractivity contribution in [3.05, 3.63) is 36.7 Å². The molecule has 1 fully saturated rings. The van der Waals surface area contributed by atoms with E-state index in [2.05, 4.69) is 36.1 Å². The Kier molecular flexibility index (Phi) is 10.7. The summed E-state index contributed by atoms with van der Waals surface area (Å²) in [4.78, 5) is 21.1. The second-order valence-electron chi connectivity index (χ2n) is 9.10. The minimum absolute atomic E-state index is 0. The minimum Gasteiger partial charge on any atom is -0.381 e. The molecule has 190 valence electrons. The molecule has 1 aliphatic heterocycles. The molecule has 0 saturated carbocycles. The molecular formula is C22H32Cl2N4O5S. The highest BCUT2D eigenvalue weighted by Gasteiger charge is 2.52. The summed E-state index contributed by atoms with van der Waals surface area (Å²) in [7, 11) is -4.06. The fraction of sp³-hybridized carbons (Fsp3) is 0.500. The van der Waals surface area contributed by atoms with Crippen LogP contribution >= 0.6 is 24.8 Å². The molecule has 3 rings (SSSR count). The molecule has 1 aromatic carbocycles. The lowest BCUT2D eigenvalue weighted by Crippen LogP contribution is -2.54. The van der Waals surface area contributed by atoms with E-state index in [9.17, 15) is 13.2 Å². The third-order valence-corrected chi connectivity index (χ3v) is 8.14. The quantitative estimate of drug-likeness (QED) is 0.362. The van der Waals surface area contributed by atoms with Crippen LogP contribution in [0.4, 0.5) is 5.82 Å². The lowest BCUT2D eigenvalue weighted by Gasteiger charge is -2.34. The molecule has 1 aliphatic rings. The van der Waals surface area contributed by atoms with Crippen molar-refractivity contribution in [2.75, 3.05) is 25.1 Å². The van der Waals surface area contributed by atoms with Gasteiger partial charge >= 0.3 is 0 Å². The molecular weight excluding hydrogens is 503 g/mol. The Morgan fingerprint density at radius 3 is 2.21 bits per heavy atom. The molecule has 1 aromatic heterocycles. The van der Waals surface area contributed by atoms with Crippen molar-refractivity contribution in [2.45, 2.75) is 49.7 Å². The van der Waals surface area contributed by atoms with Crippen LogP contribution in [0.15, 0.2) is 41.6 Å². The van der Waals surface area contributed by atoms with Crippen LogP contribution in [0.2, 0.25) is 0 Å². The zero-order valence-corrected chi connectivity index (χ0v) is 21.9. The normalized spacial score (nSPS) is 15.4. The largest absolute Gasteiger partial charge is 0.381 e. The molecule has 0 spiro atoms. The Labute approximate surface area is 212 Å². The van der Waals surface area contributed by atoms with E-state index in [4.69, 9.17) is 9.94 Å². The molecule has 2 aromatic rings. The highest BCUT2D eigenvalue weighted by atomic mass is 35.5. The highest BCUT2D eigenvalue weighted by Crippen LogP contribution is 2.35. The molecule has 0 aliphatic carbocycles. The Hall–Kier alpha value is -1.98. The van der Waals surface area contributed by atoms with E-state index in [0.29, 0.717) is 17.1 Å². The minimum atomic E-state index is -4.06. The zero-order valence-electron chi connectivity index (χ0n) is 19.4. The van der Waals surface area contributed by atoms with Gasteiger partial charge < -0.3 is 10.1 Å². The van der Waals surface area contributed by atoms with Gasteiger partial charge in [-0.05, 0) is 36.8 Å². The second-order valence-corrected chi connectivity index (χ2v) is 11.4. The van der Waals surface area contributed by atoms with Crippen molar-refractivity contribution in [3.8, 4) is 11.3 Å². The van der Waals surface area contributed by atoms with Gasteiger partial charge in [-0.25, -0.2) is 18.9 Å². The topological polar surface area (TPSA) is 131 Å². The van der Waals surface area contributed by atoms with Crippen LogP contribution in [0.3, 0.4) is 0 Å². The first-order valence-corrected chi connectivity index (χ1v) is 12.0. The predicted molar refractivity (Wildman–Crippen MR) is 134 cm³/mol. The molecule has 34 heavy (non-hydrogen) atoms. The van der Waals surface area contributed by atoms with Gasteiger partial charge in [0.05, 0.1) is 23.0 Å². The van der Waals surface area contributed by atoms with Crippen LogP contribution in [0.1, 0.15) is 40.0 Å². The van der Waals surface area contributed by atoms with Crippen molar-refractivity contribution in [1.29, 1.82) is 0 Å². The van der Waals surface area contributed by atoms with Crippen LogP contribution in [0.25, 0.3) is 11.3 Å². The first-order chi connectivity index (χ1) is 15.1. The molecule has 0 atom stereocenters. The summed E-state index contributed by atoms with van der Waals surface area (Å²) >= 11 is 0. The standard InChI is InChI=1S/C22H30N4O5S.2ClH/c1-21(2,3)8-11-23-19-15-24-18(14-25-19)16-4-6-17(7-5-16)32(29,30)22(20(27)26-28)9-12-31-13-10-22;;/h4-7,14-15,28H,8-13H2,1-3H3,(H,23,25)(H,26,27);2*1H. The van der Waals surface area contributed by atoms with E-state index in [-0.39, 0.29) is 61.2 Å². The number of sulfone groups is 1. The predicted octanol–water partition coefficient (Wildman–Crippen LogP) is 3.66. The van der Waals surface area contributed by atoms with Crippen molar-refractivity contribution in [3.63, 3.8) is 0 Å². The van der Waals surface area contributed by atoms with Crippen LogP contribution in [0.5, 0.6) is 0 Å². The van der Waals surface area contributed by atoms with Crippen molar-refractivity contribution in [2.24, 2.45) is 5.41 Å². The smallest absolute Gasteiger partial charge is 0.265 e. The number of halogens is 2. The fourth-order valence-electron chi connectivity index (χ4n) is 3.59. The maximum atomic E-state index is 13.3.